The van der Waals surface area contributed by atoms with Crippen LogP contribution in [0.3, 0.4) is 0 Å². The number of rotatable bonds is 5. The summed E-state index contributed by atoms with van der Waals surface area (Å²) in [4.78, 5) is 0.319. The van der Waals surface area contributed by atoms with Crippen molar-refractivity contribution in [1.29, 1.82) is 0 Å². The second kappa shape index (κ2) is 6.17. The van der Waals surface area contributed by atoms with Gasteiger partial charge in [0.25, 0.3) is 0 Å². The summed E-state index contributed by atoms with van der Waals surface area (Å²) in [5, 5.41) is 0. The summed E-state index contributed by atoms with van der Waals surface area (Å²) in [6.07, 6.45) is 0. The Kier molecular flexibility index (Phi) is 5.37. The van der Waals surface area contributed by atoms with Crippen LogP contribution in [0, 0.1) is 18.8 Å². The lowest BCUT2D eigenvalue weighted by atomic mass is 9.99. The van der Waals surface area contributed by atoms with E-state index in [1.54, 1.807) is 18.2 Å². The largest absolute Gasteiger partial charge is 0.240 e. The van der Waals surface area contributed by atoms with E-state index in [1.165, 1.54) is 0 Å². The zero-order valence-corrected chi connectivity index (χ0v) is 13.6. The number of hydrogen-bond donors (Lipinski definition) is 1. The highest BCUT2D eigenvalue weighted by atomic mass is 79.9. The van der Waals surface area contributed by atoms with E-state index in [9.17, 15) is 8.42 Å². The van der Waals surface area contributed by atoms with Crippen molar-refractivity contribution in [1.82, 2.24) is 4.72 Å². The molecule has 0 aliphatic rings. The van der Waals surface area contributed by atoms with E-state index in [2.05, 4.69) is 34.5 Å². The number of benzene rings is 1. The van der Waals surface area contributed by atoms with E-state index < -0.39 is 10.0 Å². The van der Waals surface area contributed by atoms with Crippen LogP contribution >= 0.6 is 15.9 Å². The van der Waals surface area contributed by atoms with Crippen molar-refractivity contribution in [3.63, 3.8) is 0 Å². The van der Waals surface area contributed by atoms with Crippen LogP contribution in [0.5, 0.6) is 0 Å². The fourth-order valence-electron chi connectivity index (χ4n) is 1.34. The Labute approximate surface area is 118 Å². The molecule has 0 radical (unpaired) electrons. The molecule has 1 aromatic rings. The van der Waals surface area contributed by atoms with Gasteiger partial charge in [-0.05, 0) is 42.5 Å². The summed E-state index contributed by atoms with van der Waals surface area (Å²) < 4.78 is 27.8. The molecule has 0 saturated heterocycles. The van der Waals surface area contributed by atoms with Gasteiger partial charge in [0.15, 0.2) is 0 Å². The Hall–Kier alpha value is -0.390. The van der Waals surface area contributed by atoms with Crippen LogP contribution in [-0.2, 0) is 10.0 Å². The minimum absolute atomic E-state index is 0.316. The molecule has 1 rings (SSSR count). The number of nitrogens with one attached hydrogen (secondary N) is 1. The van der Waals surface area contributed by atoms with Gasteiger partial charge in [-0.3, -0.25) is 0 Å². The lowest BCUT2D eigenvalue weighted by Crippen LogP contribution is -2.30. The number of aryl methyl sites for hydroxylation is 1. The van der Waals surface area contributed by atoms with Crippen LogP contribution in [0.2, 0.25) is 0 Å². The molecule has 3 nitrogen and oxygen atoms in total. The first kappa shape index (κ1) is 15.7. The lowest BCUT2D eigenvalue weighted by Gasteiger charge is -2.16. The molecule has 0 amide bonds. The molecule has 0 saturated carbocycles. The first-order valence-corrected chi connectivity index (χ1v) is 8.27. The van der Waals surface area contributed by atoms with Crippen molar-refractivity contribution in [2.45, 2.75) is 32.6 Å². The minimum Gasteiger partial charge on any atom is -0.211 e. The van der Waals surface area contributed by atoms with Crippen molar-refractivity contribution >= 4 is 26.0 Å². The molecule has 0 aliphatic carbocycles. The molecule has 0 aromatic heterocycles. The molecule has 0 fully saturated rings. The Balaban J connectivity index is 2.83. The van der Waals surface area contributed by atoms with Gasteiger partial charge in [-0.25, -0.2) is 13.1 Å². The summed E-state index contributed by atoms with van der Waals surface area (Å²) >= 11 is 3.36. The third-order valence-corrected chi connectivity index (χ3v) is 5.48. The average molecular weight is 334 g/mol. The number of sulfonamides is 1. The highest BCUT2D eigenvalue weighted by Gasteiger charge is 2.17. The maximum absolute atomic E-state index is 12.1. The van der Waals surface area contributed by atoms with Crippen LogP contribution in [0.4, 0.5) is 0 Å². The van der Waals surface area contributed by atoms with E-state index in [1.807, 2.05) is 13.8 Å². The molecule has 0 heterocycles. The van der Waals surface area contributed by atoms with Crippen LogP contribution in [0.1, 0.15) is 26.3 Å². The predicted molar refractivity (Wildman–Crippen MR) is 78.1 cm³/mol. The maximum atomic E-state index is 12.1. The van der Waals surface area contributed by atoms with Crippen molar-refractivity contribution in [2.75, 3.05) is 6.54 Å². The zero-order valence-electron chi connectivity index (χ0n) is 11.2. The number of halogens is 1. The molecule has 5 heteroatoms. The second-order valence-electron chi connectivity index (χ2n) is 4.98. The first-order valence-electron chi connectivity index (χ1n) is 6.00. The summed E-state index contributed by atoms with van der Waals surface area (Å²) in [5.74, 6) is 0.774. The Morgan fingerprint density at radius 1 is 1.28 bits per heavy atom. The fraction of sp³-hybridized carbons (Fsp3) is 0.538. The molecule has 18 heavy (non-hydrogen) atoms. The van der Waals surface area contributed by atoms with Gasteiger partial charge in [-0.2, -0.15) is 0 Å². The van der Waals surface area contributed by atoms with Crippen LogP contribution in [0.25, 0.3) is 0 Å². The lowest BCUT2D eigenvalue weighted by molar-refractivity contribution is 0.414. The van der Waals surface area contributed by atoms with Gasteiger partial charge in [0.05, 0.1) is 4.90 Å². The topological polar surface area (TPSA) is 46.2 Å². The third-order valence-electron chi connectivity index (χ3n) is 3.17. The molecule has 1 unspecified atom stereocenters. The van der Waals surface area contributed by atoms with E-state index in [0.29, 0.717) is 23.3 Å². The smallest absolute Gasteiger partial charge is 0.211 e. The summed E-state index contributed by atoms with van der Waals surface area (Å²) in [6.45, 7) is 8.56. The Morgan fingerprint density at radius 3 is 2.39 bits per heavy atom. The zero-order chi connectivity index (χ0) is 13.9. The molecule has 1 N–H and O–H groups in total. The normalized spacial score (nSPS) is 13.9. The molecule has 1 atom stereocenters. The van der Waals surface area contributed by atoms with Gasteiger partial charge in [0.2, 0.25) is 10.0 Å². The van der Waals surface area contributed by atoms with Gasteiger partial charge in [0, 0.05) is 11.0 Å². The summed E-state index contributed by atoms with van der Waals surface area (Å²) in [7, 11) is -3.40. The summed E-state index contributed by atoms with van der Waals surface area (Å²) in [5.41, 5.74) is 0.912. The maximum Gasteiger partial charge on any atom is 0.240 e. The SMILES string of the molecule is Cc1cc(S(=O)(=O)NCC(C)C(C)C)ccc1Br. The van der Waals surface area contributed by atoms with Crippen molar-refractivity contribution < 1.29 is 8.42 Å². The van der Waals surface area contributed by atoms with E-state index in [-0.39, 0.29) is 0 Å². The van der Waals surface area contributed by atoms with Crippen molar-refractivity contribution in [3.8, 4) is 0 Å². The third kappa shape index (κ3) is 4.07. The van der Waals surface area contributed by atoms with Gasteiger partial charge in [0.1, 0.15) is 0 Å². The molecule has 102 valence electrons. The van der Waals surface area contributed by atoms with Crippen molar-refractivity contribution in [2.24, 2.45) is 11.8 Å². The fourth-order valence-corrected chi connectivity index (χ4v) is 2.82. The highest BCUT2D eigenvalue weighted by Crippen LogP contribution is 2.20. The quantitative estimate of drug-likeness (QED) is 0.898. The van der Waals surface area contributed by atoms with Gasteiger partial charge >= 0.3 is 0 Å². The van der Waals surface area contributed by atoms with Crippen LogP contribution < -0.4 is 4.72 Å². The van der Waals surface area contributed by atoms with E-state index >= 15 is 0 Å². The molecule has 0 aliphatic heterocycles. The first-order chi connectivity index (χ1) is 8.24. The standard InChI is InChI=1S/C13H20BrNO2S/c1-9(2)11(4)8-15-18(16,17)12-5-6-13(14)10(3)7-12/h5-7,9,11,15H,8H2,1-4H3. The molecular weight excluding hydrogens is 314 g/mol. The molecule has 1 aromatic carbocycles. The average Bonchev–Trinajstić information content (AvgIpc) is 2.29. The second-order valence-corrected chi connectivity index (χ2v) is 7.61. The molecule has 0 bridgehead atoms. The highest BCUT2D eigenvalue weighted by molar-refractivity contribution is 9.10. The molecular formula is C13H20BrNO2S. The predicted octanol–water partition coefficient (Wildman–Crippen LogP) is 3.33. The monoisotopic (exact) mass is 333 g/mol. The van der Waals surface area contributed by atoms with Crippen LogP contribution in [0.15, 0.2) is 27.6 Å². The van der Waals surface area contributed by atoms with Crippen molar-refractivity contribution in [3.05, 3.63) is 28.2 Å². The van der Waals surface area contributed by atoms with Gasteiger partial charge in [-0.1, -0.05) is 36.7 Å². The Morgan fingerprint density at radius 2 is 1.89 bits per heavy atom. The summed E-state index contributed by atoms with van der Waals surface area (Å²) in [6, 6.07) is 5.04. The Bertz CT molecular complexity index is 512. The van der Waals surface area contributed by atoms with Gasteiger partial charge < -0.3 is 0 Å². The van der Waals surface area contributed by atoms with Gasteiger partial charge in [-0.15, -0.1) is 0 Å². The van der Waals surface area contributed by atoms with Crippen LogP contribution in [-0.4, -0.2) is 15.0 Å². The molecule has 0 spiro atoms. The minimum atomic E-state index is -3.40. The van der Waals surface area contributed by atoms with E-state index in [4.69, 9.17) is 0 Å². The van der Waals surface area contributed by atoms with E-state index in [0.717, 1.165) is 10.0 Å². The number of hydrogen-bond acceptors (Lipinski definition) is 2.